The van der Waals surface area contributed by atoms with E-state index in [-0.39, 0.29) is 6.10 Å². The van der Waals surface area contributed by atoms with Crippen molar-refractivity contribution in [2.45, 2.75) is 58.1 Å². The third-order valence-corrected chi connectivity index (χ3v) is 8.13. The lowest BCUT2D eigenvalue weighted by atomic mass is 9.97. The average molecular weight is 486 g/mol. The molecular formula is C27H33Cl2N3O. The second-order valence-electron chi connectivity index (χ2n) is 10.2. The number of imidazole rings is 1. The summed E-state index contributed by atoms with van der Waals surface area (Å²) >= 11 is 12.5. The molecule has 1 aliphatic heterocycles. The van der Waals surface area contributed by atoms with Crippen LogP contribution in [0.4, 0.5) is 0 Å². The highest BCUT2D eigenvalue weighted by atomic mass is 35.5. The number of piperidine rings is 1. The fourth-order valence-corrected chi connectivity index (χ4v) is 6.21. The van der Waals surface area contributed by atoms with E-state index in [0.717, 1.165) is 50.2 Å². The molecule has 5 rings (SSSR count). The van der Waals surface area contributed by atoms with Gasteiger partial charge in [-0.05, 0) is 73.1 Å². The standard InChI is InChI=1S/C27H33Cl2N3O/c1-16(2)27-30-23-9-17(3)5-6-24(23)32(27)25-7-8-31(15-26(25)33-4)14-18-10-19-12-21(28)22(29)13-20(19)11-18/h5-6,9,12-13,16,18,25-26H,7-8,10-11,14-15H2,1-4H3/t25-,26+/m0/s1. The number of hydrogen-bond acceptors (Lipinski definition) is 3. The van der Waals surface area contributed by atoms with Gasteiger partial charge >= 0.3 is 0 Å². The maximum Gasteiger partial charge on any atom is 0.112 e. The number of benzene rings is 2. The summed E-state index contributed by atoms with van der Waals surface area (Å²) in [4.78, 5) is 7.61. The van der Waals surface area contributed by atoms with E-state index in [4.69, 9.17) is 32.9 Å². The number of methoxy groups -OCH3 is 1. The molecule has 1 aromatic heterocycles. The number of nitrogens with zero attached hydrogens (tertiary/aromatic N) is 3. The molecule has 0 unspecified atom stereocenters. The van der Waals surface area contributed by atoms with Gasteiger partial charge in [0.25, 0.3) is 0 Å². The number of aromatic nitrogens is 2. The predicted molar refractivity (Wildman–Crippen MR) is 137 cm³/mol. The van der Waals surface area contributed by atoms with Crippen molar-refractivity contribution >= 4 is 34.2 Å². The highest BCUT2D eigenvalue weighted by Crippen LogP contribution is 2.36. The molecule has 0 amide bonds. The first-order chi connectivity index (χ1) is 15.8. The lowest BCUT2D eigenvalue weighted by Crippen LogP contribution is -2.47. The third-order valence-electron chi connectivity index (χ3n) is 7.41. The van der Waals surface area contributed by atoms with Gasteiger partial charge in [0, 0.05) is 32.7 Å². The van der Waals surface area contributed by atoms with Gasteiger partial charge in [-0.15, -0.1) is 0 Å². The van der Waals surface area contributed by atoms with Gasteiger partial charge in [-0.25, -0.2) is 4.98 Å². The van der Waals surface area contributed by atoms with Crippen LogP contribution < -0.4 is 0 Å². The minimum Gasteiger partial charge on any atom is -0.378 e. The number of ether oxygens (including phenoxy) is 1. The van der Waals surface area contributed by atoms with Crippen molar-refractivity contribution in [3.05, 3.63) is 62.9 Å². The van der Waals surface area contributed by atoms with Crippen LogP contribution in [0.1, 0.15) is 54.7 Å². The van der Waals surface area contributed by atoms with Crippen LogP contribution in [0, 0.1) is 12.8 Å². The molecule has 6 heteroatoms. The quantitative estimate of drug-likeness (QED) is 0.415. The maximum absolute atomic E-state index is 6.25. The van der Waals surface area contributed by atoms with Crippen LogP contribution in [0.2, 0.25) is 10.0 Å². The Morgan fingerprint density at radius 2 is 1.79 bits per heavy atom. The summed E-state index contributed by atoms with van der Waals surface area (Å²) in [5, 5.41) is 1.33. The van der Waals surface area contributed by atoms with Crippen molar-refractivity contribution in [2.24, 2.45) is 5.92 Å². The van der Waals surface area contributed by atoms with Crippen molar-refractivity contribution in [2.75, 3.05) is 26.7 Å². The smallest absolute Gasteiger partial charge is 0.112 e. The van der Waals surface area contributed by atoms with E-state index in [1.807, 2.05) is 7.11 Å². The summed E-state index contributed by atoms with van der Waals surface area (Å²) in [6.07, 6.45) is 3.36. The fourth-order valence-electron chi connectivity index (χ4n) is 5.84. The zero-order valence-corrected chi connectivity index (χ0v) is 21.5. The molecule has 2 heterocycles. The van der Waals surface area contributed by atoms with Crippen molar-refractivity contribution in [1.29, 1.82) is 0 Å². The van der Waals surface area contributed by atoms with Crippen molar-refractivity contribution in [1.82, 2.24) is 14.5 Å². The van der Waals surface area contributed by atoms with Crippen molar-refractivity contribution in [3.8, 4) is 0 Å². The van der Waals surface area contributed by atoms with E-state index < -0.39 is 0 Å². The summed E-state index contributed by atoms with van der Waals surface area (Å²) in [7, 11) is 1.86. The van der Waals surface area contributed by atoms with Crippen molar-refractivity contribution < 1.29 is 4.74 Å². The normalized spacial score (nSPS) is 21.9. The zero-order valence-electron chi connectivity index (χ0n) is 19.9. The summed E-state index contributed by atoms with van der Waals surface area (Å²) < 4.78 is 8.57. The molecule has 0 radical (unpaired) electrons. The summed E-state index contributed by atoms with van der Waals surface area (Å²) in [6.45, 7) is 9.70. The van der Waals surface area contributed by atoms with Gasteiger partial charge in [0.1, 0.15) is 5.82 Å². The molecule has 0 spiro atoms. The monoisotopic (exact) mass is 485 g/mol. The van der Waals surface area contributed by atoms with E-state index >= 15 is 0 Å². The second kappa shape index (κ2) is 9.22. The molecule has 176 valence electrons. The molecule has 2 atom stereocenters. The van der Waals surface area contributed by atoms with Crippen LogP contribution in [0.3, 0.4) is 0 Å². The number of aryl methyl sites for hydroxylation is 1. The first kappa shape index (κ1) is 23.2. The first-order valence-corrected chi connectivity index (χ1v) is 12.8. The molecule has 0 N–H and O–H groups in total. The predicted octanol–water partition coefficient (Wildman–Crippen LogP) is 6.45. The SMILES string of the molecule is CO[C@@H]1CN(CC2Cc3cc(Cl)c(Cl)cc3C2)CC[C@@H]1n1c(C(C)C)nc2cc(C)ccc21. The fraction of sp³-hybridized carbons (Fsp3) is 0.519. The first-order valence-electron chi connectivity index (χ1n) is 12.0. The minimum absolute atomic E-state index is 0.141. The van der Waals surface area contributed by atoms with Gasteiger partial charge in [-0.2, -0.15) is 0 Å². The van der Waals surface area contributed by atoms with Crippen LogP contribution in [0.25, 0.3) is 11.0 Å². The van der Waals surface area contributed by atoms with Gasteiger partial charge in [0.05, 0.1) is 33.2 Å². The van der Waals surface area contributed by atoms with Crippen LogP contribution in [0.15, 0.2) is 30.3 Å². The number of hydrogen-bond donors (Lipinski definition) is 0. The Hall–Kier alpha value is -1.59. The van der Waals surface area contributed by atoms with E-state index in [9.17, 15) is 0 Å². The van der Waals surface area contributed by atoms with Crippen LogP contribution in [-0.2, 0) is 17.6 Å². The number of fused-ring (bicyclic) bond motifs is 2. The molecule has 33 heavy (non-hydrogen) atoms. The minimum atomic E-state index is 0.141. The Kier molecular flexibility index (Phi) is 6.47. The molecule has 1 aliphatic carbocycles. The molecule has 0 saturated carbocycles. The Morgan fingerprint density at radius 3 is 2.42 bits per heavy atom. The Bertz CT molecular complexity index is 1140. The summed E-state index contributed by atoms with van der Waals surface area (Å²) in [5.41, 5.74) is 6.28. The summed E-state index contributed by atoms with van der Waals surface area (Å²) in [6, 6.07) is 11.0. The Morgan fingerprint density at radius 1 is 1.09 bits per heavy atom. The topological polar surface area (TPSA) is 30.3 Å². The van der Waals surface area contributed by atoms with E-state index in [1.54, 1.807) is 0 Å². The van der Waals surface area contributed by atoms with E-state index in [2.05, 4.69) is 60.6 Å². The van der Waals surface area contributed by atoms with Crippen LogP contribution >= 0.6 is 23.2 Å². The molecular weight excluding hydrogens is 453 g/mol. The third kappa shape index (κ3) is 4.43. The molecule has 1 fully saturated rings. The molecule has 2 aromatic carbocycles. The summed E-state index contributed by atoms with van der Waals surface area (Å²) in [5.74, 6) is 2.13. The number of halogens is 2. The highest BCUT2D eigenvalue weighted by molar-refractivity contribution is 6.42. The molecule has 2 aliphatic rings. The lowest BCUT2D eigenvalue weighted by Gasteiger charge is -2.40. The molecule has 4 nitrogen and oxygen atoms in total. The van der Waals surface area contributed by atoms with Crippen LogP contribution in [-0.4, -0.2) is 47.3 Å². The van der Waals surface area contributed by atoms with Gasteiger partial charge in [0.2, 0.25) is 0 Å². The van der Waals surface area contributed by atoms with Crippen LogP contribution in [0.5, 0.6) is 0 Å². The molecule has 1 saturated heterocycles. The maximum atomic E-state index is 6.25. The average Bonchev–Trinajstić information content (AvgIpc) is 3.34. The van der Waals surface area contributed by atoms with Gasteiger partial charge < -0.3 is 14.2 Å². The molecule has 0 bridgehead atoms. The van der Waals surface area contributed by atoms with Gasteiger partial charge in [0.15, 0.2) is 0 Å². The van der Waals surface area contributed by atoms with E-state index in [1.165, 1.54) is 22.2 Å². The zero-order chi connectivity index (χ0) is 23.3. The second-order valence-corrected chi connectivity index (χ2v) is 11.0. The highest BCUT2D eigenvalue weighted by Gasteiger charge is 2.35. The van der Waals surface area contributed by atoms with Crippen molar-refractivity contribution in [3.63, 3.8) is 0 Å². The Balaban J connectivity index is 1.34. The van der Waals surface area contributed by atoms with E-state index in [0.29, 0.717) is 27.9 Å². The lowest BCUT2D eigenvalue weighted by molar-refractivity contribution is -0.00966. The molecule has 3 aromatic rings. The van der Waals surface area contributed by atoms with Gasteiger partial charge in [-0.3, -0.25) is 0 Å². The number of likely N-dealkylation sites (tertiary alicyclic amines) is 1. The number of rotatable bonds is 5. The van der Waals surface area contributed by atoms with Gasteiger partial charge in [-0.1, -0.05) is 43.1 Å². The largest absolute Gasteiger partial charge is 0.378 e. The Labute approximate surface area is 206 Å².